The molecule has 0 saturated carbocycles. The maximum Gasteiger partial charge on any atom is 0.133 e. The van der Waals surface area contributed by atoms with Gasteiger partial charge in [-0.2, -0.15) is 5.26 Å². The van der Waals surface area contributed by atoms with Crippen LogP contribution in [0.3, 0.4) is 0 Å². The molecule has 0 atom stereocenters. The third kappa shape index (κ3) is 3.16. The number of hydrogen-bond acceptors (Lipinski definition) is 1. The highest BCUT2D eigenvalue weighted by molar-refractivity contribution is 6.31. The van der Waals surface area contributed by atoms with Gasteiger partial charge >= 0.3 is 0 Å². The number of halogens is 4. The maximum absolute atomic E-state index is 13.8. The summed E-state index contributed by atoms with van der Waals surface area (Å²) in [5.41, 5.74) is 0.153. The Morgan fingerprint density at radius 1 is 1.00 bits per heavy atom. The van der Waals surface area contributed by atoms with Crippen LogP contribution in [0, 0.1) is 23.0 Å². The highest BCUT2D eigenvalue weighted by atomic mass is 35.5. The summed E-state index contributed by atoms with van der Waals surface area (Å²) in [6, 6.07) is 9.70. The zero-order chi connectivity index (χ0) is 14.7. The first kappa shape index (κ1) is 14.5. The second-order valence-electron chi connectivity index (χ2n) is 3.96. The molecule has 100 valence electrons. The second-order valence-corrected chi connectivity index (χ2v) is 4.83. The minimum absolute atomic E-state index is 0.0136. The van der Waals surface area contributed by atoms with Crippen LogP contribution < -0.4 is 0 Å². The van der Waals surface area contributed by atoms with Crippen LogP contribution in [0.5, 0.6) is 0 Å². The van der Waals surface area contributed by atoms with Crippen LogP contribution in [0.25, 0.3) is 11.6 Å². The fourth-order valence-corrected chi connectivity index (χ4v) is 2.00. The number of rotatable bonds is 2. The minimum Gasteiger partial charge on any atom is -0.206 e. The molecule has 0 N–H and O–H groups in total. The molecule has 0 unspecified atom stereocenters. The van der Waals surface area contributed by atoms with Gasteiger partial charge in [0.05, 0.1) is 11.6 Å². The zero-order valence-corrected chi connectivity index (χ0v) is 11.5. The Kier molecular flexibility index (Phi) is 4.39. The minimum atomic E-state index is -0.646. The fraction of sp³-hybridized carbons (Fsp3) is 0. The Hall–Kier alpha value is -1.89. The summed E-state index contributed by atoms with van der Waals surface area (Å²) in [6.45, 7) is 0. The van der Waals surface area contributed by atoms with Crippen molar-refractivity contribution in [3.63, 3.8) is 0 Å². The van der Waals surface area contributed by atoms with Crippen LogP contribution in [0.2, 0.25) is 10.0 Å². The molecule has 0 heterocycles. The highest BCUT2D eigenvalue weighted by Gasteiger charge is 2.10. The van der Waals surface area contributed by atoms with Gasteiger partial charge in [0.2, 0.25) is 0 Å². The Bertz CT molecular complexity index is 733. The van der Waals surface area contributed by atoms with Crippen LogP contribution in [-0.4, -0.2) is 0 Å². The summed E-state index contributed by atoms with van der Waals surface area (Å²) >= 11 is 11.4. The zero-order valence-electron chi connectivity index (χ0n) is 10.0. The van der Waals surface area contributed by atoms with E-state index in [4.69, 9.17) is 28.5 Å². The molecule has 2 aromatic rings. The van der Waals surface area contributed by atoms with Crippen molar-refractivity contribution in [3.05, 3.63) is 69.2 Å². The summed E-state index contributed by atoms with van der Waals surface area (Å²) < 4.78 is 27.4. The summed E-state index contributed by atoms with van der Waals surface area (Å²) in [6.07, 6.45) is 1.24. The van der Waals surface area contributed by atoms with E-state index in [1.54, 1.807) is 0 Å². The first-order chi connectivity index (χ1) is 9.51. The lowest BCUT2D eigenvalue weighted by Gasteiger charge is -2.03. The molecule has 0 saturated heterocycles. The van der Waals surface area contributed by atoms with E-state index in [0.717, 1.165) is 6.07 Å². The summed E-state index contributed by atoms with van der Waals surface area (Å²) in [5, 5.41) is 9.67. The molecule has 20 heavy (non-hydrogen) atoms. The van der Waals surface area contributed by atoms with Crippen molar-refractivity contribution in [1.82, 2.24) is 0 Å². The smallest absolute Gasteiger partial charge is 0.133 e. The van der Waals surface area contributed by atoms with Gasteiger partial charge in [-0.3, -0.25) is 0 Å². The van der Waals surface area contributed by atoms with E-state index < -0.39 is 11.6 Å². The summed E-state index contributed by atoms with van der Waals surface area (Å²) in [5.74, 6) is -1.19. The monoisotopic (exact) mass is 309 g/mol. The molecule has 0 aromatic heterocycles. The van der Waals surface area contributed by atoms with E-state index in [-0.39, 0.29) is 21.7 Å². The van der Waals surface area contributed by atoms with Gasteiger partial charge in [-0.25, -0.2) is 8.78 Å². The van der Waals surface area contributed by atoms with Crippen LogP contribution in [-0.2, 0) is 0 Å². The highest BCUT2D eigenvalue weighted by Crippen LogP contribution is 2.25. The van der Waals surface area contributed by atoms with Crippen LogP contribution in [0.1, 0.15) is 11.1 Å². The average molecular weight is 310 g/mol. The molecule has 0 aliphatic heterocycles. The van der Waals surface area contributed by atoms with Crippen molar-refractivity contribution in [2.45, 2.75) is 0 Å². The molecule has 0 radical (unpaired) electrons. The topological polar surface area (TPSA) is 23.8 Å². The first-order valence-electron chi connectivity index (χ1n) is 5.53. The SMILES string of the molecule is N#CC(=Cc1cc(Cl)ccc1F)c1ccc(Cl)cc1F. The van der Waals surface area contributed by atoms with Gasteiger partial charge in [0.15, 0.2) is 0 Å². The molecule has 5 heteroatoms. The Morgan fingerprint density at radius 3 is 2.30 bits per heavy atom. The van der Waals surface area contributed by atoms with Gasteiger partial charge in [0.1, 0.15) is 11.6 Å². The van der Waals surface area contributed by atoms with E-state index in [1.807, 2.05) is 6.07 Å². The van der Waals surface area contributed by atoms with E-state index in [2.05, 4.69) is 0 Å². The van der Waals surface area contributed by atoms with E-state index in [0.29, 0.717) is 5.02 Å². The lowest BCUT2D eigenvalue weighted by molar-refractivity contribution is 0.623. The van der Waals surface area contributed by atoms with Crippen molar-refractivity contribution < 1.29 is 8.78 Å². The van der Waals surface area contributed by atoms with E-state index >= 15 is 0 Å². The van der Waals surface area contributed by atoms with Crippen molar-refractivity contribution >= 4 is 34.9 Å². The third-order valence-corrected chi connectivity index (χ3v) is 3.07. The van der Waals surface area contributed by atoms with Crippen molar-refractivity contribution in [2.75, 3.05) is 0 Å². The van der Waals surface area contributed by atoms with Gasteiger partial charge in [-0.15, -0.1) is 0 Å². The number of allylic oxidation sites excluding steroid dienone is 1. The lowest BCUT2D eigenvalue weighted by Crippen LogP contribution is -1.89. The molecule has 2 aromatic carbocycles. The fourth-order valence-electron chi connectivity index (χ4n) is 1.66. The van der Waals surface area contributed by atoms with Gasteiger partial charge in [0, 0.05) is 21.2 Å². The number of nitriles is 1. The van der Waals surface area contributed by atoms with Gasteiger partial charge in [-0.05, 0) is 42.5 Å². The van der Waals surface area contributed by atoms with Crippen LogP contribution >= 0.6 is 23.2 Å². The molecule has 0 spiro atoms. The van der Waals surface area contributed by atoms with E-state index in [9.17, 15) is 8.78 Å². The molecule has 0 aliphatic carbocycles. The molecule has 0 aliphatic rings. The predicted octanol–water partition coefficient (Wildman–Crippen LogP) is 5.34. The molecular formula is C15H7Cl2F2N. The van der Waals surface area contributed by atoms with E-state index in [1.165, 1.54) is 36.4 Å². The molecular weight excluding hydrogens is 303 g/mol. The van der Waals surface area contributed by atoms with Gasteiger partial charge in [-0.1, -0.05) is 23.2 Å². The molecule has 0 amide bonds. The standard InChI is InChI=1S/C15H7Cl2F2N/c16-11-2-4-14(18)9(6-11)5-10(8-20)13-3-1-12(17)7-15(13)19/h1-7H. The maximum atomic E-state index is 13.8. The van der Waals surface area contributed by atoms with Crippen LogP contribution in [0.4, 0.5) is 8.78 Å². The largest absolute Gasteiger partial charge is 0.206 e. The molecule has 0 fully saturated rings. The Morgan fingerprint density at radius 2 is 1.65 bits per heavy atom. The van der Waals surface area contributed by atoms with Crippen molar-refractivity contribution in [3.8, 4) is 6.07 Å². The Balaban J connectivity index is 2.55. The molecule has 0 bridgehead atoms. The number of nitrogens with zero attached hydrogens (tertiary/aromatic N) is 1. The predicted molar refractivity (Wildman–Crippen MR) is 76.3 cm³/mol. The summed E-state index contributed by atoms with van der Waals surface area (Å²) in [4.78, 5) is 0. The van der Waals surface area contributed by atoms with Crippen molar-refractivity contribution in [2.24, 2.45) is 0 Å². The lowest BCUT2D eigenvalue weighted by atomic mass is 10.0. The van der Waals surface area contributed by atoms with Gasteiger partial charge < -0.3 is 0 Å². The third-order valence-electron chi connectivity index (χ3n) is 2.60. The summed E-state index contributed by atoms with van der Waals surface area (Å²) in [7, 11) is 0. The number of hydrogen-bond donors (Lipinski definition) is 0. The second kappa shape index (κ2) is 6.04. The van der Waals surface area contributed by atoms with Crippen molar-refractivity contribution in [1.29, 1.82) is 5.26 Å². The quantitative estimate of drug-likeness (QED) is 0.543. The molecule has 2 rings (SSSR count). The van der Waals surface area contributed by atoms with Gasteiger partial charge in [0.25, 0.3) is 0 Å². The van der Waals surface area contributed by atoms with Crippen LogP contribution in [0.15, 0.2) is 36.4 Å². The Labute approximate surface area is 124 Å². The first-order valence-corrected chi connectivity index (χ1v) is 6.29. The number of benzene rings is 2. The normalized spacial score (nSPS) is 11.2. The average Bonchev–Trinajstić information content (AvgIpc) is 2.40. The molecule has 1 nitrogen and oxygen atoms in total.